The fourth-order valence-electron chi connectivity index (χ4n) is 2.00. The van der Waals surface area contributed by atoms with Gasteiger partial charge in [-0.25, -0.2) is 0 Å². The zero-order valence-electron chi connectivity index (χ0n) is 10.1. The molecule has 1 heterocycles. The highest BCUT2D eigenvalue weighted by atomic mass is 16.8. The van der Waals surface area contributed by atoms with Crippen molar-refractivity contribution in [2.45, 2.75) is 44.3 Å². The second kappa shape index (κ2) is 5.25. The predicted octanol–water partition coefficient (Wildman–Crippen LogP) is 0.764. The maximum Gasteiger partial charge on any atom is 0.163 e. The van der Waals surface area contributed by atoms with Crippen molar-refractivity contribution in [3.05, 3.63) is 12.7 Å². The van der Waals surface area contributed by atoms with Gasteiger partial charge < -0.3 is 19.8 Å². The van der Waals surface area contributed by atoms with Gasteiger partial charge in [0.15, 0.2) is 5.79 Å². The van der Waals surface area contributed by atoms with Crippen LogP contribution in [-0.4, -0.2) is 53.1 Å². The summed E-state index contributed by atoms with van der Waals surface area (Å²) in [5, 5.41) is 19.9. The lowest BCUT2D eigenvalue weighted by molar-refractivity contribution is -0.174. The van der Waals surface area contributed by atoms with Crippen LogP contribution in [0.4, 0.5) is 0 Å². The highest BCUT2D eigenvalue weighted by molar-refractivity contribution is 4.92. The van der Waals surface area contributed by atoms with Crippen LogP contribution >= 0.6 is 0 Å². The topological polar surface area (TPSA) is 62.2 Å². The number of ether oxygens (including phenoxy) is 2. The van der Waals surface area contributed by atoms with Gasteiger partial charge in [-0.2, -0.15) is 5.06 Å². The molecule has 1 rings (SSSR count). The highest BCUT2D eigenvalue weighted by Gasteiger charge is 2.45. The van der Waals surface area contributed by atoms with E-state index in [-0.39, 0.29) is 18.8 Å². The van der Waals surface area contributed by atoms with Gasteiger partial charge >= 0.3 is 0 Å². The summed E-state index contributed by atoms with van der Waals surface area (Å²) in [6, 6.07) is -0.267. The van der Waals surface area contributed by atoms with Crippen LogP contribution in [0.2, 0.25) is 0 Å². The summed E-state index contributed by atoms with van der Waals surface area (Å²) < 4.78 is 11.2. The smallest absolute Gasteiger partial charge is 0.163 e. The molecule has 0 amide bonds. The first-order valence-electron chi connectivity index (χ1n) is 5.40. The SMILES string of the molecule is C=CC[C@@H]([C@@H]1OC(C)(C)O[C@@H]1CO)N(C)O. The highest BCUT2D eigenvalue weighted by Crippen LogP contribution is 2.31. The largest absolute Gasteiger partial charge is 0.394 e. The second-order valence-corrected chi connectivity index (χ2v) is 4.49. The van der Waals surface area contributed by atoms with E-state index in [9.17, 15) is 10.3 Å². The van der Waals surface area contributed by atoms with Crippen LogP contribution in [0.3, 0.4) is 0 Å². The monoisotopic (exact) mass is 231 g/mol. The van der Waals surface area contributed by atoms with Gasteiger partial charge in [0.2, 0.25) is 0 Å². The van der Waals surface area contributed by atoms with E-state index in [4.69, 9.17) is 9.47 Å². The van der Waals surface area contributed by atoms with Crippen LogP contribution in [0, 0.1) is 0 Å². The van der Waals surface area contributed by atoms with Crippen molar-refractivity contribution in [1.82, 2.24) is 5.06 Å². The Bertz CT molecular complexity index is 242. The van der Waals surface area contributed by atoms with E-state index in [1.807, 2.05) is 0 Å². The molecule has 3 atom stereocenters. The average molecular weight is 231 g/mol. The zero-order valence-corrected chi connectivity index (χ0v) is 10.1. The molecule has 0 radical (unpaired) electrons. The van der Waals surface area contributed by atoms with Gasteiger partial charge in [0.1, 0.15) is 12.2 Å². The lowest BCUT2D eigenvalue weighted by atomic mass is 10.0. The molecule has 0 spiro atoms. The van der Waals surface area contributed by atoms with Crippen LogP contribution in [-0.2, 0) is 9.47 Å². The Morgan fingerprint density at radius 1 is 1.50 bits per heavy atom. The summed E-state index contributed by atoms with van der Waals surface area (Å²) in [4.78, 5) is 0. The summed E-state index contributed by atoms with van der Waals surface area (Å²) in [5.41, 5.74) is 0. The molecule has 0 aromatic carbocycles. The van der Waals surface area contributed by atoms with E-state index in [0.29, 0.717) is 6.42 Å². The molecule has 1 aliphatic heterocycles. The summed E-state index contributed by atoms with van der Waals surface area (Å²) in [5.74, 6) is -0.729. The maximum atomic E-state index is 9.56. The molecule has 16 heavy (non-hydrogen) atoms. The minimum absolute atomic E-state index is 0.129. The molecule has 0 bridgehead atoms. The molecule has 0 saturated carbocycles. The third-order valence-corrected chi connectivity index (χ3v) is 2.67. The zero-order chi connectivity index (χ0) is 12.3. The number of aliphatic hydroxyl groups excluding tert-OH is 1. The molecule has 0 aromatic rings. The molecule has 1 aliphatic rings. The number of nitrogens with zero attached hydrogens (tertiary/aromatic N) is 1. The van der Waals surface area contributed by atoms with Gasteiger partial charge in [-0.3, -0.25) is 0 Å². The predicted molar refractivity (Wildman–Crippen MR) is 59.1 cm³/mol. The summed E-state index contributed by atoms with van der Waals surface area (Å²) in [6.07, 6.45) is 1.48. The number of aliphatic hydroxyl groups is 1. The molecule has 5 nitrogen and oxygen atoms in total. The Balaban J connectivity index is 2.78. The summed E-state index contributed by atoms with van der Waals surface area (Å²) >= 11 is 0. The van der Waals surface area contributed by atoms with Gasteiger partial charge in [0, 0.05) is 7.05 Å². The molecule has 0 unspecified atom stereocenters. The van der Waals surface area contributed by atoms with Gasteiger partial charge in [0.25, 0.3) is 0 Å². The van der Waals surface area contributed by atoms with Crippen molar-refractivity contribution >= 4 is 0 Å². The van der Waals surface area contributed by atoms with Crippen molar-refractivity contribution in [1.29, 1.82) is 0 Å². The van der Waals surface area contributed by atoms with Gasteiger partial charge in [-0.15, -0.1) is 6.58 Å². The molecule has 5 heteroatoms. The van der Waals surface area contributed by atoms with Crippen molar-refractivity contribution in [2.24, 2.45) is 0 Å². The fourth-order valence-corrected chi connectivity index (χ4v) is 2.00. The van der Waals surface area contributed by atoms with Crippen molar-refractivity contribution in [2.75, 3.05) is 13.7 Å². The third-order valence-electron chi connectivity index (χ3n) is 2.67. The molecule has 2 N–H and O–H groups in total. The van der Waals surface area contributed by atoms with Gasteiger partial charge in [0.05, 0.1) is 12.6 Å². The Morgan fingerprint density at radius 2 is 2.12 bits per heavy atom. The van der Waals surface area contributed by atoms with Crippen molar-refractivity contribution < 1.29 is 19.8 Å². The molecular formula is C11H21NO4. The van der Waals surface area contributed by atoms with Crippen LogP contribution in [0.5, 0.6) is 0 Å². The number of hydrogen-bond donors (Lipinski definition) is 2. The van der Waals surface area contributed by atoms with E-state index in [1.54, 1.807) is 27.0 Å². The quantitative estimate of drug-likeness (QED) is 0.540. The standard InChI is InChI=1S/C11H21NO4/c1-5-6-8(12(4)14)10-9(7-13)15-11(2,3)16-10/h5,8-10,13-14H,1,6-7H2,2-4H3/t8-,9+,10-/m0/s1. The van der Waals surface area contributed by atoms with Crippen molar-refractivity contribution in [3.8, 4) is 0 Å². The fraction of sp³-hybridized carbons (Fsp3) is 0.818. The molecule has 0 aromatic heterocycles. The maximum absolute atomic E-state index is 9.56. The number of rotatable bonds is 5. The minimum atomic E-state index is -0.729. The molecule has 94 valence electrons. The van der Waals surface area contributed by atoms with Crippen LogP contribution in [0.15, 0.2) is 12.7 Å². The Labute approximate surface area is 96.2 Å². The molecule has 1 fully saturated rings. The van der Waals surface area contributed by atoms with Crippen LogP contribution in [0.25, 0.3) is 0 Å². The summed E-state index contributed by atoms with van der Waals surface area (Å²) in [7, 11) is 1.55. The van der Waals surface area contributed by atoms with E-state index in [2.05, 4.69) is 6.58 Å². The Kier molecular flexibility index (Phi) is 4.46. The van der Waals surface area contributed by atoms with E-state index < -0.39 is 11.9 Å². The van der Waals surface area contributed by atoms with Crippen LogP contribution < -0.4 is 0 Å². The first-order valence-corrected chi connectivity index (χ1v) is 5.40. The van der Waals surface area contributed by atoms with E-state index >= 15 is 0 Å². The van der Waals surface area contributed by atoms with E-state index in [0.717, 1.165) is 5.06 Å². The first-order chi connectivity index (χ1) is 7.41. The molecule has 1 saturated heterocycles. The molecular weight excluding hydrogens is 210 g/mol. The van der Waals surface area contributed by atoms with Gasteiger partial charge in [-0.1, -0.05) is 6.08 Å². The molecule has 0 aliphatic carbocycles. The lowest BCUT2D eigenvalue weighted by Crippen LogP contribution is -2.45. The second-order valence-electron chi connectivity index (χ2n) is 4.49. The number of likely N-dealkylation sites (N-methyl/N-ethyl adjacent to an activating group) is 1. The summed E-state index contributed by atoms with van der Waals surface area (Å²) in [6.45, 7) is 7.09. The Hall–Kier alpha value is -0.460. The third kappa shape index (κ3) is 3.02. The van der Waals surface area contributed by atoms with Crippen molar-refractivity contribution in [3.63, 3.8) is 0 Å². The minimum Gasteiger partial charge on any atom is -0.394 e. The average Bonchev–Trinajstić information content (AvgIpc) is 2.49. The number of hydrogen-bond acceptors (Lipinski definition) is 5. The first kappa shape index (κ1) is 13.6. The normalized spacial score (nSPS) is 30.6. The lowest BCUT2D eigenvalue weighted by Gasteiger charge is -2.29. The number of hydroxylamine groups is 2. The van der Waals surface area contributed by atoms with E-state index in [1.165, 1.54) is 0 Å². The Morgan fingerprint density at radius 3 is 2.56 bits per heavy atom. The van der Waals surface area contributed by atoms with Crippen LogP contribution in [0.1, 0.15) is 20.3 Å². The van der Waals surface area contributed by atoms with Gasteiger partial charge in [-0.05, 0) is 20.3 Å².